The molecule has 1 aliphatic heterocycles. The molecular formula is C23H25ClN4O3S. The predicted octanol–water partition coefficient (Wildman–Crippen LogP) is 4.91. The minimum Gasteiger partial charge on any atom is -0.495 e. The molecule has 1 aliphatic rings. The van der Waals surface area contributed by atoms with Crippen LogP contribution >= 0.6 is 11.6 Å². The van der Waals surface area contributed by atoms with Crippen molar-refractivity contribution in [1.82, 2.24) is 10.2 Å². The molecule has 3 aromatic rings. The maximum Gasteiger partial charge on any atom is 0.262 e. The third-order valence-electron chi connectivity index (χ3n) is 5.48. The number of methoxy groups -OCH3 is 1. The van der Waals surface area contributed by atoms with E-state index in [2.05, 4.69) is 19.8 Å². The number of nitrogens with one attached hydrogen (secondary N) is 1. The highest BCUT2D eigenvalue weighted by molar-refractivity contribution is 7.92. The van der Waals surface area contributed by atoms with Gasteiger partial charge in [-0.15, -0.1) is 10.2 Å². The first-order valence-corrected chi connectivity index (χ1v) is 12.3. The fourth-order valence-electron chi connectivity index (χ4n) is 3.81. The van der Waals surface area contributed by atoms with Gasteiger partial charge in [0.15, 0.2) is 5.82 Å². The number of piperidine rings is 1. The van der Waals surface area contributed by atoms with Gasteiger partial charge in [-0.3, -0.25) is 4.72 Å². The number of sulfonamides is 1. The fraction of sp³-hybridized carbons (Fsp3) is 0.304. The van der Waals surface area contributed by atoms with Gasteiger partial charge < -0.3 is 9.64 Å². The van der Waals surface area contributed by atoms with Gasteiger partial charge >= 0.3 is 0 Å². The number of benzene rings is 2. The van der Waals surface area contributed by atoms with Crippen molar-refractivity contribution >= 4 is 33.1 Å². The van der Waals surface area contributed by atoms with Crippen LogP contribution in [0.1, 0.15) is 24.8 Å². The van der Waals surface area contributed by atoms with Crippen LogP contribution in [0.25, 0.3) is 11.3 Å². The summed E-state index contributed by atoms with van der Waals surface area (Å²) >= 11 is 6.15. The number of hydrogen-bond acceptors (Lipinski definition) is 6. The van der Waals surface area contributed by atoms with Crippen LogP contribution in [0.4, 0.5) is 11.5 Å². The molecule has 7 nitrogen and oxygen atoms in total. The molecule has 1 aromatic heterocycles. The molecule has 1 saturated heterocycles. The Morgan fingerprint density at radius 1 is 1.03 bits per heavy atom. The van der Waals surface area contributed by atoms with E-state index < -0.39 is 10.0 Å². The number of aromatic nitrogens is 2. The summed E-state index contributed by atoms with van der Waals surface area (Å²) in [7, 11) is -2.36. The van der Waals surface area contributed by atoms with Crippen molar-refractivity contribution in [1.29, 1.82) is 0 Å². The molecule has 1 fully saturated rings. The third kappa shape index (κ3) is 4.81. The zero-order chi connectivity index (χ0) is 22.7. The van der Waals surface area contributed by atoms with Crippen molar-refractivity contribution in [2.45, 2.75) is 31.1 Å². The zero-order valence-corrected chi connectivity index (χ0v) is 19.6. The summed E-state index contributed by atoms with van der Waals surface area (Å²) in [5.41, 5.74) is 2.41. The number of aryl methyl sites for hydroxylation is 1. The Kier molecular flexibility index (Phi) is 6.53. The summed E-state index contributed by atoms with van der Waals surface area (Å²) in [6.45, 7) is 3.70. The minimum absolute atomic E-state index is 0.0966. The quantitative estimate of drug-likeness (QED) is 0.549. The fourth-order valence-corrected chi connectivity index (χ4v) is 5.41. The molecule has 9 heteroatoms. The maximum absolute atomic E-state index is 13.0. The molecule has 2 aromatic carbocycles. The molecule has 0 amide bonds. The van der Waals surface area contributed by atoms with Gasteiger partial charge in [0.1, 0.15) is 5.75 Å². The summed E-state index contributed by atoms with van der Waals surface area (Å²) in [6, 6.07) is 14.0. The Hall–Kier alpha value is -2.84. The number of anilines is 2. The number of hydrogen-bond donors (Lipinski definition) is 1. The van der Waals surface area contributed by atoms with E-state index in [0.29, 0.717) is 22.7 Å². The lowest BCUT2D eigenvalue weighted by atomic mass is 10.1. The second kappa shape index (κ2) is 9.34. The standard InChI is InChI=1S/C23H25ClN4O3S/c1-16-13-21(31-2)19(24)15-22(16)32(29,30)27-18-8-6-7-17(14-18)20-9-10-23(26-25-20)28-11-4-3-5-12-28/h6-10,13-15,27H,3-5,11-12H2,1-2H3. The van der Waals surface area contributed by atoms with E-state index in [9.17, 15) is 8.42 Å². The Labute approximate surface area is 193 Å². The van der Waals surface area contributed by atoms with E-state index in [0.717, 1.165) is 24.5 Å². The average Bonchev–Trinajstić information content (AvgIpc) is 2.81. The van der Waals surface area contributed by atoms with Crippen LogP contribution in [-0.2, 0) is 10.0 Å². The van der Waals surface area contributed by atoms with Crippen LogP contribution in [0.5, 0.6) is 5.75 Å². The summed E-state index contributed by atoms with van der Waals surface area (Å²) in [4.78, 5) is 2.34. The molecule has 32 heavy (non-hydrogen) atoms. The monoisotopic (exact) mass is 472 g/mol. The SMILES string of the molecule is COc1cc(C)c(S(=O)(=O)Nc2cccc(-c3ccc(N4CCCCC4)nn3)c2)cc1Cl. The number of halogens is 1. The van der Waals surface area contributed by atoms with Crippen LogP contribution < -0.4 is 14.4 Å². The average molecular weight is 473 g/mol. The van der Waals surface area contributed by atoms with Crippen LogP contribution in [-0.4, -0.2) is 38.8 Å². The molecule has 0 atom stereocenters. The Morgan fingerprint density at radius 2 is 1.81 bits per heavy atom. The second-order valence-electron chi connectivity index (χ2n) is 7.76. The minimum atomic E-state index is -3.84. The van der Waals surface area contributed by atoms with Crippen molar-refractivity contribution in [3.8, 4) is 17.0 Å². The smallest absolute Gasteiger partial charge is 0.262 e. The Balaban J connectivity index is 1.56. The molecule has 0 saturated carbocycles. The van der Waals surface area contributed by atoms with E-state index in [-0.39, 0.29) is 9.92 Å². The van der Waals surface area contributed by atoms with E-state index >= 15 is 0 Å². The number of nitrogens with zero attached hydrogens (tertiary/aromatic N) is 3. The first-order valence-electron chi connectivity index (χ1n) is 10.4. The van der Waals surface area contributed by atoms with Crippen molar-refractivity contribution in [2.24, 2.45) is 0 Å². The van der Waals surface area contributed by atoms with Crippen LogP contribution in [0, 0.1) is 6.92 Å². The van der Waals surface area contributed by atoms with Gasteiger partial charge in [0.25, 0.3) is 10.0 Å². The highest BCUT2D eigenvalue weighted by Crippen LogP contribution is 2.31. The van der Waals surface area contributed by atoms with E-state index in [1.165, 1.54) is 32.4 Å². The lowest BCUT2D eigenvalue weighted by Crippen LogP contribution is -2.30. The summed E-state index contributed by atoms with van der Waals surface area (Å²) < 4.78 is 33.8. The van der Waals surface area contributed by atoms with Crippen molar-refractivity contribution in [2.75, 3.05) is 29.8 Å². The lowest BCUT2D eigenvalue weighted by molar-refractivity contribution is 0.414. The van der Waals surface area contributed by atoms with Gasteiger partial charge in [-0.2, -0.15) is 0 Å². The van der Waals surface area contributed by atoms with Gasteiger partial charge in [-0.05, 0) is 68.1 Å². The molecule has 4 rings (SSSR count). The largest absolute Gasteiger partial charge is 0.495 e. The van der Waals surface area contributed by atoms with Crippen LogP contribution in [0.3, 0.4) is 0 Å². The van der Waals surface area contributed by atoms with Crippen molar-refractivity contribution in [3.05, 3.63) is 59.1 Å². The highest BCUT2D eigenvalue weighted by atomic mass is 35.5. The van der Waals surface area contributed by atoms with Gasteiger partial charge in [-0.25, -0.2) is 8.42 Å². The van der Waals surface area contributed by atoms with Gasteiger partial charge in [0.05, 0.1) is 22.7 Å². The Morgan fingerprint density at radius 3 is 2.50 bits per heavy atom. The highest BCUT2D eigenvalue weighted by Gasteiger charge is 2.20. The van der Waals surface area contributed by atoms with Crippen LogP contribution in [0.15, 0.2) is 53.4 Å². The first-order chi connectivity index (χ1) is 15.4. The number of ether oxygens (including phenoxy) is 1. The normalized spacial score (nSPS) is 14.3. The van der Waals surface area contributed by atoms with E-state index in [1.807, 2.05) is 18.2 Å². The summed E-state index contributed by atoms with van der Waals surface area (Å²) in [5.74, 6) is 1.30. The van der Waals surface area contributed by atoms with E-state index in [4.69, 9.17) is 16.3 Å². The van der Waals surface area contributed by atoms with Gasteiger partial charge in [-0.1, -0.05) is 23.7 Å². The molecule has 0 bridgehead atoms. The van der Waals surface area contributed by atoms with Crippen LogP contribution in [0.2, 0.25) is 5.02 Å². The molecule has 0 unspecified atom stereocenters. The lowest BCUT2D eigenvalue weighted by Gasteiger charge is -2.27. The predicted molar refractivity (Wildman–Crippen MR) is 127 cm³/mol. The summed E-state index contributed by atoms with van der Waals surface area (Å²) in [5, 5.41) is 8.98. The van der Waals surface area contributed by atoms with E-state index in [1.54, 1.807) is 31.2 Å². The third-order valence-corrected chi connectivity index (χ3v) is 7.30. The maximum atomic E-state index is 13.0. The van der Waals surface area contributed by atoms with Crippen molar-refractivity contribution < 1.29 is 13.2 Å². The molecule has 0 spiro atoms. The molecular weight excluding hydrogens is 448 g/mol. The molecule has 1 N–H and O–H groups in total. The van der Waals surface area contributed by atoms with Gasteiger partial charge in [0.2, 0.25) is 0 Å². The number of rotatable bonds is 6. The molecule has 0 radical (unpaired) electrons. The molecule has 0 aliphatic carbocycles. The van der Waals surface area contributed by atoms with Crippen molar-refractivity contribution in [3.63, 3.8) is 0 Å². The topological polar surface area (TPSA) is 84.4 Å². The van der Waals surface area contributed by atoms with Gasteiger partial charge in [0, 0.05) is 24.3 Å². The summed E-state index contributed by atoms with van der Waals surface area (Å²) in [6.07, 6.45) is 3.60. The zero-order valence-electron chi connectivity index (χ0n) is 18.0. The molecule has 2 heterocycles. The first kappa shape index (κ1) is 22.4. The Bertz CT molecular complexity index is 1210. The molecule has 168 valence electrons. The second-order valence-corrected chi connectivity index (χ2v) is 9.82.